The second-order valence-corrected chi connectivity index (χ2v) is 5.95. The summed E-state index contributed by atoms with van der Waals surface area (Å²) in [5.74, 6) is 0.0378. The maximum absolute atomic E-state index is 12.5. The highest BCUT2D eigenvalue weighted by atomic mass is 16.1. The molecular weight excluding hydrogens is 276 g/mol. The minimum atomic E-state index is -0.0599. The van der Waals surface area contributed by atoms with E-state index < -0.39 is 0 Å². The molecular formula is C17H22N4O. The number of nitrogens with two attached hydrogens (primary N) is 1. The molecule has 0 bridgehead atoms. The number of pyridine rings is 1. The summed E-state index contributed by atoms with van der Waals surface area (Å²) in [7, 11) is 0. The van der Waals surface area contributed by atoms with Crippen LogP contribution in [0, 0.1) is 5.92 Å². The fourth-order valence-corrected chi connectivity index (χ4v) is 3.18. The maximum atomic E-state index is 12.5. The Bertz CT molecular complexity index is 732. The van der Waals surface area contributed by atoms with Gasteiger partial charge in [0.15, 0.2) is 11.4 Å². The van der Waals surface area contributed by atoms with Crippen LogP contribution >= 0.6 is 0 Å². The van der Waals surface area contributed by atoms with Crippen molar-refractivity contribution in [1.29, 1.82) is 0 Å². The number of rotatable bonds is 6. The number of aryl methyl sites for hydroxylation is 1. The third-order valence-electron chi connectivity index (χ3n) is 4.38. The first kappa shape index (κ1) is 14.8. The SMILES string of the molecule is C=CCC1Cc2nc3c(cnn3CCCCC)c(N)c2C1=O. The average Bonchev–Trinajstić information content (AvgIpc) is 3.03. The van der Waals surface area contributed by atoms with Gasteiger partial charge in [0, 0.05) is 18.9 Å². The molecule has 1 unspecified atom stereocenters. The first-order valence-electron chi connectivity index (χ1n) is 7.96. The van der Waals surface area contributed by atoms with Crippen molar-refractivity contribution in [2.24, 2.45) is 5.92 Å². The minimum absolute atomic E-state index is 0.0599. The summed E-state index contributed by atoms with van der Waals surface area (Å²) in [5, 5.41) is 5.19. The van der Waals surface area contributed by atoms with Crippen molar-refractivity contribution in [2.75, 3.05) is 5.73 Å². The maximum Gasteiger partial charge on any atom is 0.170 e. The van der Waals surface area contributed by atoms with Crippen LogP contribution in [-0.4, -0.2) is 20.5 Å². The molecule has 2 N–H and O–H groups in total. The third-order valence-corrected chi connectivity index (χ3v) is 4.38. The van der Waals surface area contributed by atoms with E-state index in [4.69, 9.17) is 10.7 Å². The van der Waals surface area contributed by atoms with E-state index in [0.717, 1.165) is 29.7 Å². The molecule has 5 nitrogen and oxygen atoms in total. The predicted octanol–water partition coefficient (Wildman–Crippen LogP) is 3.13. The molecule has 0 radical (unpaired) electrons. The zero-order valence-corrected chi connectivity index (χ0v) is 13.0. The number of allylic oxidation sites excluding steroid dienone is 1. The lowest BCUT2D eigenvalue weighted by atomic mass is 10.0. The Morgan fingerprint density at radius 1 is 1.50 bits per heavy atom. The largest absolute Gasteiger partial charge is 0.397 e. The van der Waals surface area contributed by atoms with Gasteiger partial charge in [-0.2, -0.15) is 5.10 Å². The number of unbranched alkanes of at least 4 members (excludes halogenated alkanes) is 2. The molecule has 22 heavy (non-hydrogen) atoms. The highest BCUT2D eigenvalue weighted by Gasteiger charge is 2.34. The molecule has 0 aliphatic heterocycles. The smallest absolute Gasteiger partial charge is 0.170 e. The minimum Gasteiger partial charge on any atom is -0.397 e. The van der Waals surface area contributed by atoms with Crippen molar-refractivity contribution >= 4 is 22.5 Å². The Morgan fingerprint density at radius 2 is 2.32 bits per heavy atom. The molecule has 0 spiro atoms. The molecule has 0 aromatic carbocycles. The number of anilines is 1. The Balaban J connectivity index is 2.00. The number of nitrogens with zero attached hydrogens (tertiary/aromatic N) is 3. The first-order chi connectivity index (χ1) is 10.7. The highest BCUT2D eigenvalue weighted by Crippen LogP contribution is 2.35. The van der Waals surface area contributed by atoms with Gasteiger partial charge in [-0.3, -0.25) is 4.79 Å². The van der Waals surface area contributed by atoms with Crippen molar-refractivity contribution in [2.45, 2.75) is 45.6 Å². The van der Waals surface area contributed by atoms with E-state index in [0.29, 0.717) is 24.1 Å². The normalized spacial score (nSPS) is 17.1. The van der Waals surface area contributed by atoms with E-state index in [1.165, 1.54) is 12.8 Å². The number of carbonyl (C=O) groups excluding carboxylic acids is 1. The van der Waals surface area contributed by atoms with Crippen LogP contribution in [0.3, 0.4) is 0 Å². The van der Waals surface area contributed by atoms with Gasteiger partial charge in [0.05, 0.1) is 28.5 Å². The lowest BCUT2D eigenvalue weighted by Crippen LogP contribution is -2.09. The van der Waals surface area contributed by atoms with Gasteiger partial charge in [-0.25, -0.2) is 9.67 Å². The van der Waals surface area contributed by atoms with Gasteiger partial charge in [0.25, 0.3) is 0 Å². The molecule has 0 saturated carbocycles. The van der Waals surface area contributed by atoms with Crippen molar-refractivity contribution < 1.29 is 4.79 Å². The topological polar surface area (TPSA) is 73.8 Å². The van der Waals surface area contributed by atoms with Gasteiger partial charge in [-0.05, 0) is 12.8 Å². The number of hydrogen-bond acceptors (Lipinski definition) is 4. The number of carbonyl (C=O) groups is 1. The Labute approximate surface area is 130 Å². The zero-order valence-electron chi connectivity index (χ0n) is 13.0. The lowest BCUT2D eigenvalue weighted by molar-refractivity contribution is 0.0938. The lowest BCUT2D eigenvalue weighted by Gasteiger charge is -2.06. The fourth-order valence-electron chi connectivity index (χ4n) is 3.18. The second kappa shape index (κ2) is 5.91. The van der Waals surface area contributed by atoms with Crippen LogP contribution in [0.2, 0.25) is 0 Å². The van der Waals surface area contributed by atoms with Gasteiger partial charge in [-0.15, -0.1) is 6.58 Å². The number of nitrogen functional groups attached to an aromatic ring is 1. The molecule has 2 heterocycles. The molecule has 2 aromatic rings. The van der Waals surface area contributed by atoms with Crippen LogP contribution < -0.4 is 5.73 Å². The van der Waals surface area contributed by atoms with Gasteiger partial charge in [0.2, 0.25) is 0 Å². The molecule has 1 aliphatic carbocycles. The van der Waals surface area contributed by atoms with Crippen LogP contribution in [0.25, 0.3) is 11.0 Å². The summed E-state index contributed by atoms with van der Waals surface area (Å²) < 4.78 is 1.91. The van der Waals surface area contributed by atoms with Crippen molar-refractivity contribution in [3.8, 4) is 0 Å². The van der Waals surface area contributed by atoms with Gasteiger partial charge in [-0.1, -0.05) is 25.8 Å². The predicted molar refractivity (Wildman–Crippen MR) is 87.8 cm³/mol. The number of hydrogen-bond donors (Lipinski definition) is 1. The number of fused-ring (bicyclic) bond motifs is 2. The van der Waals surface area contributed by atoms with Crippen LogP contribution in [0.1, 0.15) is 48.7 Å². The summed E-state index contributed by atoms with van der Waals surface area (Å²) in [4.78, 5) is 17.2. The molecule has 2 aromatic heterocycles. The average molecular weight is 298 g/mol. The summed E-state index contributed by atoms with van der Waals surface area (Å²) in [6, 6.07) is 0. The zero-order chi connectivity index (χ0) is 15.7. The number of ketones is 1. The van der Waals surface area contributed by atoms with E-state index >= 15 is 0 Å². The van der Waals surface area contributed by atoms with E-state index in [2.05, 4.69) is 18.6 Å². The molecule has 3 rings (SSSR count). The van der Waals surface area contributed by atoms with Crippen LogP contribution in [0.4, 0.5) is 5.69 Å². The molecule has 116 valence electrons. The second-order valence-electron chi connectivity index (χ2n) is 5.95. The van der Waals surface area contributed by atoms with Crippen molar-refractivity contribution in [1.82, 2.24) is 14.8 Å². The number of Topliss-reactive ketones (excluding diaryl/α,β-unsaturated/α-hetero) is 1. The van der Waals surface area contributed by atoms with Crippen LogP contribution in [0.5, 0.6) is 0 Å². The van der Waals surface area contributed by atoms with E-state index in [-0.39, 0.29) is 11.7 Å². The fraction of sp³-hybridized carbons (Fsp3) is 0.471. The van der Waals surface area contributed by atoms with Crippen molar-refractivity contribution in [3.63, 3.8) is 0 Å². The summed E-state index contributed by atoms with van der Waals surface area (Å²) >= 11 is 0. The third kappa shape index (κ3) is 2.30. The molecule has 0 saturated heterocycles. The Hall–Kier alpha value is -2.17. The summed E-state index contributed by atoms with van der Waals surface area (Å²) in [6.45, 7) is 6.74. The molecule has 0 amide bonds. The number of aromatic nitrogens is 3. The highest BCUT2D eigenvalue weighted by molar-refractivity contribution is 6.11. The van der Waals surface area contributed by atoms with Gasteiger partial charge in [0.1, 0.15) is 0 Å². The Kier molecular flexibility index (Phi) is 3.96. The summed E-state index contributed by atoms with van der Waals surface area (Å²) in [5.41, 5.74) is 9.02. The van der Waals surface area contributed by atoms with Gasteiger partial charge < -0.3 is 5.73 Å². The summed E-state index contributed by atoms with van der Waals surface area (Å²) in [6.07, 6.45) is 8.26. The quantitative estimate of drug-likeness (QED) is 0.657. The van der Waals surface area contributed by atoms with E-state index in [9.17, 15) is 4.79 Å². The monoisotopic (exact) mass is 298 g/mol. The van der Waals surface area contributed by atoms with E-state index in [1.807, 2.05) is 4.68 Å². The molecule has 1 atom stereocenters. The van der Waals surface area contributed by atoms with Gasteiger partial charge >= 0.3 is 0 Å². The van der Waals surface area contributed by atoms with Crippen LogP contribution in [0.15, 0.2) is 18.9 Å². The first-order valence-corrected chi connectivity index (χ1v) is 7.96. The molecule has 0 fully saturated rings. The Morgan fingerprint density at radius 3 is 3.05 bits per heavy atom. The molecule has 5 heteroatoms. The molecule has 1 aliphatic rings. The van der Waals surface area contributed by atoms with Crippen LogP contribution in [-0.2, 0) is 13.0 Å². The van der Waals surface area contributed by atoms with Crippen molar-refractivity contribution in [3.05, 3.63) is 30.1 Å². The van der Waals surface area contributed by atoms with E-state index in [1.54, 1.807) is 12.3 Å². The standard InChI is InChI=1S/C17H22N4O/c1-3-5-6-8-21-17-12(10-19-21)15(18)14-13(20-17)9-11(7-4-2)16(14)22/h4,10-11H,2-3,5-9H2,1H3,(H2,18,20).